The average molecular weight is 284 g/mol. The molecule has 7 heteroatoms. The SMILES string of the molecule is CC/C(=C\c1ccn2cc(C(F)(F)F)nc2c1)C(=O)O. The molecule has 0 aromatic carbocycles. The lowest BCUT2D eigenvalue weighted by Crippen LogP contribution is -2.04. The first-order chi connectivity index (χ1) is 9.31. The summed E-state index contributed by atoms with van der Waals surface area (Å²) in [4.78, 5) is 14.4. The van der Waals surface area contributed by atoms with Crippen LogP contribution in [0.5, 0.6) is 0 Å². The van der Waals surface area contributed by atoms with Gasteiger partial charge in [0.2, 0.25) is 0 Å². The predicted octanol–water partition coefficient (Wildman–Crippen LogP) is 3.23. The van der Waals surface area contributed by atoms with Crippen LogP contribution < -0.4 is 0 Å². The first-order valence-electron chi connectivity index (χ1n) is 5.81. The summed E-state index contributed by atoms with van der Waals surface area (Å²) in [7, 11) is 0. The zero-order chi connectivity index (χ0) is 14.9. The van der Waals surface area contributed by atoms with E-state index in [4.69, 9.17) is 5.11 Å². The molecule has 2 heterocycles. The van der Waals surface area contributed by atoms with Crippen LogP contribution in [0.25, 0.3) is 11.7 Å². The molecule has 0 saturated heterocycles. The minimum atomic E-state index is -4.50. The molecule has 0 amide bonds. The van der Waals surface area contributed by atoms with Crippen molar-refractivity contribution in [3.8, 4) is 0 Å². The fraction of sp³-hybridized carbons (Fsp3) is 0.231. The Labute approximate surface area is 112 Å². The van der Waals surface area contributed by atoms with Crippen molar-refractivity contribution in [2.24, 2.45) is 0 Å². The highest BCUT2D eigenvalue weighted by molar-refractivity contribution is 5.92. The summed E-state index contributed by atoms with van der Waals surface area (Å²) in [5.74, 6) is -1.05. The summed E-state index contributed by atoms with van der Waals surface area (Å²) < 4.78 is 38.8. The molecule has 0 unspecified atom stereocenters. The fourth-order valence-corrected chi connectivity index (χ4v) is 1.74. The number of alkyl halides is 3. The molecule has 0 aliphatic heterocycles. The molecule has 0 aliphatic carbocycles. The molecule has 0 fully saturated rings. The largest absolute Gasteiger partial charge is 0.478 e. The van der Waals surface area contributed by atoms with Crippen LogP contribution >= 0.6 is 0 Å². The van der Waals surface area contributed by atoms with E-state index in [9.17, 15) is 18.0 Å². The van der Waals surface area contributed by atoms with Gasteiger partial charge in [-0.25, -0.2) is 9.78 Å². The molecule has 0 spiro atoms. The van der Waals surface area contributed by atoms with Crippen LogP contribution in [-0.4, -0.2) is 20.5 Å². The Morgan fingerprint density at radius 2 is 2.20 bits per heavy atom. The number of halogens is 3. The van der Waals surface area contributed by atoms with Crippen LogP contribution in [0.1, 0.15) is 24.6 Å². The third-order valence-electron chi connectivity index (χ3n) is 2.77. The van der Waals surface area contributed by atoms with Crippen LogP contribution in [0.4, 0.5) is 13.2 Å². The normalized spacial score (nSPS) is 12.9. The maximum Gasteiger partial charge on any atom is 0.434 e. The van der Waals surface area contributed by atoms with Crippen LogP contribution in [0, 0.1) is 0 Å². The Hall–Kier alpha value is -2.31. The summed E-state index contributed by atoms with van der Waals surface area (Å²) in [6.45, 7) is 1.69. The maximum atomic E-state index is 12.5. The van der Waals surface area contributed by atoms with E-state index in [1.165, 1.54) is 28.8 Å². The number of aliphatic carboxylic acids is 1. The molecule has 0 bridgehead atoms. The minimum absolute atomic E-state index is 0.118. The standard InChI is InChI=1S/C13H11F3N2O2/c1-2-9(12(19)20)5-8-3-4-18-7-10(13(14,15)16)17-11(18)6-8/h3-7H,2H2,1H3,(H,19,20)/b9-5+. The first-order valence-corrected chi connectivity index (χ1v) is 5.81. The summed E-state index contributed by atoms with van der Waals surface area (Å²) in [6.07, 6.45) is -0.454. The molecule has 2 aromatic heterocycles. The molecule has 0 aliphatic rings. The van der Waals surface area contributed by atoms with Gasteiger partial charge in [0, 0.05) is 18.0 Å². The topological polar surface area (TPSA) is 54.6 Å². The Morgan fingerprint density at radius 1 is 1.50 bits per heavy atom. The molecular weight excluding hydrogens is 273 g/mol. The van der Waals surface area contributed by atoms with Gasteiger partial charge in [-0.1, -0.05) is 6.92 Å². The molecular formula is C13H11F3N2O2. The summed E-state index contributed by atoms with van der Waals surface area (Å²) >= 11 is 0. The molecule has 2 rings (SSSR count). The van der Waals surface area contributed by atoms with Gasteiger partial charge in [-0.15, -0.1) is 0 Å². The predicted molar refractivity (Wildman–Crippen MR) is 66.1 cm³/mol. The lowest BCUT2D eigenvalue weighted by Gasteiger charge is -1.99. The van der Waals surface area contributed by atoms with Crippen molar-refractivity contribution in [3.63, 3.8) is 0 Å². The molecule has 1 N–H and O–H groups in total. The van der Waals surface area contributed by atoms with Crippen LogP contribution in [0.2, 0.25) is 0 Å². The van der Waals surface area contributed by atoms with Gasteiger partial charge >= 0.3 is 12.1 Å². The number of hydrogen-bond donors (Lipinski definition) is 1. The van der Waals surface area contributed by atoms with E-state index in [0.29, 0.717) is 12.0 Å². The summed E-state index contributed by atoms with van der Waals surface area (Å²) in [5.41, 5.74) is -0.187. The van der Waals surface area contributed by atoms with Gasteiger partial charge in [0.15, 0.2) is 5.69 Å². The molecule has 106 valence electrons. The highest BCUT2D eigenvalue weighted by Gasteiger charge is 2.33. The number of carboxylic acid groups (broad SMARTS) is 1. The molecule has 2 aromatic rings. The second-order valence-electron chi connectivity index (χ2n) is 4.18. The monoisotopic (exact) mass is 284 g/mol. The minimum Gasteiger partial charge on any atom is -0.478 e. The number of carboxylic acids is 1. The smallest absolute Gasteiger partial charge is 0.434 e. The van der Waals surface area contributed by atoms with Crippen LogP contribution in [0.3, 0.4) is 0 Å². The highest BCUT2D eigenvalue weighted by atomic mass is 19.4. The van der Waals surface area contributed by atoms with Crippen LogP contribution in [0.15, 0.2) is 30.1 Å². The van der Waals surface area contributed by atoms with E-state index in [0.717, 1.165) is 6.20 Å². The molecule has 4 nitrogen and oxygen atoms in total. The van der Waals surface area contributed by atoms with Gasteiger partial charge in [0.1, 0.15) is 5.65 Å². The number of aromatic nitrogens is 2. The van der Waals surface area contributed by atoms with Crippen LogP contribution in [-0.2, 0) is 11.0 Å². The Kier molecular flexibility index (Phi) is 3.52. The second-order valence-corrected chi connectivity index (χ2v) is 4.18. The van der Waals surface area contributed by atoms with Crippen molar-refractivity contribution in [1.29, 1.82) is 0 Å². The molecule has 20 heavy (non-hydrogen) atoms. The van der Waals surface area contributed by atoms with Gasteiger partial charge in [-0.3, -0.25) is 0 Å². The molecule has 0 saturated carbocycles. The van der Waals surface area contributed by atoms with Gasteiger partial charge < -0.3 is 9.51 Å². The number of pyridine rings is 1. The van der Waals surface area contributed by atoms with Crippen molar-refractivity contribution in [2.45, 2.75) is 19.5 Å². The second kappa shape index (κ2) is 4.99. The quantitative estimate of drug-likeness (QED) is 0.880. The van der Waals surface area contributed by atoms with Gasteiger partial charge in [0.05, 0.1) is 0 Å². The third-order valence-corrected chi connectivity index (χ3v) is 2.77. The lowest BCUT2D eigenvalue weighted by molar-refractivity contribution is -0.140. The number of hydrogen-bond acceptors (Lipinski definition) is 2. The number of imidazole rings is 1. The van der Waals surface area contributed by atoms with Crippen molar-refractivity contribution < 1.29 is 23.1 Å². The highest BCUT2D eigenvalue weighted by Crippen LogP contribution is 2.28. The Bertz CT molecular complexity index is 686. The number of fused-ring (bicyclic) bond motifs is 1. The maximum absolute atomic E-state index is 12.5. The Morgan fingerprint density at radius 3 is 2.75 bits per heavy atom. The molecule has 0 radical (unpaired) electrons. The lowest BCUT2D eigenvalue weighted by atomic mass is 10.1. The van der Waals surface area contributed by atoms with Crippen molar-refractivity contribution in [1.82, 2.24) is 9.38 Å². The fourth-order valence-electron chi connectivity index (χ4n) is 1.74. The van der Waals surface area contributed by atoms with E-state index < -0.39 is 17.8 Å². The number of carbonyl (C=O) groups is 1. The third kappa shape index (κ3) is 2.81. The van der Waals surface area contributed by atoms with E-state index in [1.54, 1.807) is 6.92 Å². The average Bonchev–Trinajstić information content (AvgIpc) is 2.78. The zero-order valence-corrected chi connectivity index (χ0v) is 10.5. The summed E-state index contributed by atoms with van der Waals surface area (Å²) in [6, 6.07) is 2.95. The van der Waals surface area contributed by atoms with E-state index in [1.807, 2.05) is 0 Å². The molecule has 0 atom stereocenters. The van der Waals surface area contributed by atoms with Gasteiger partial charge in [-0.2, -0.15) is 13.2 Å². The number of rotatable bonds is 3. The van der Waals surface area contributed by atoms with E-state index in [-0.39, 0.29) is 11.2 Å². The first kappa shape index (κ1) is 14.1. The number of nitrogens with zero attached hydrogens (tertiary/aromatic N) is 2. The Balaban J connectivity index is 2.46. The van der Waals surface area contributed by atoms with Crippen molar-refractivity contribution >= 4 is 17.7 Å². The van der Waals surface area contributed by atoms with Gasteiger partial charge in [0.25, 0.3) is 0 Å². The van der Waals surface area contributed by atoms with Gasteiger partial charge in [-0.05, 0) is 30.2 Å². The summed E-state index contributed by atoms with van der Waals surface area (Å²) in [5, 5.41) is 8.92. The van der Waals surface area contributed by atoms with Crippen molar-refractivity contribution in [3.05, 3.63) is 41.4 Å². The van der Waals surface area contributed by atoms with E-state index >= 15 is 0 Å². The van der Waals surface area contributed by atoms with E-state index in [2.05, 4.69) is 4.98 Å². The zero-order valence-electron chi connectivity index (χ0n) is 10.5. The van der Waals surface area contributed by atoms with Crippen molar-refractivity contribution in [2.75, 3.05) is 0 Å².